The Morgan fingerprint density at radius 3 is 2.25 bits per heavy atom. The zero-order valence-electron chi connectivity index (χ0n) is 12.0. The molecule has 5 heteroatoms. The van der Waals surface area contributed by atoms with Crippen molar-refractivity contribution in [2.45, 2.75) is 18.8 Å². The van der Waals surface area contributed by atoms with Gasteiger partial charge >= 0.3 is 0 Å². The summed E-state index contributed by atoms with van der Waals surface area (Å²) in [5, 5.41) is 0. The van der Waals surface area contributed by atoms with Crippen LogP contribution in [0.3, 0.4) is 0 Å². The number of hydrogen-bond acceptors (Lipinski definition) is 4. The van der Waals surface area contributed by atoms with Gasteiger partial charge in [-0.2, -0.15) is 0 Å². The molecule has 106 valence electrons. The first-order valence-electron chi connectivity index (χ1n) is 6.69. The van der Waals surface area contributed by atoms with E-state index in [-0.39, 0.29) is 0 Å². The van der Waals surface area contributed by atoms with Crippen LogP contribution in [0.5, 0.6) is 11.5 Å². The molecular weight excluding hydrogens is 254 g/mol. The summed E-state index contributed by atoms with van der Waals surface area (Å²) in [5.41, 5.74) is 7.92. The number of nitrogens with two attached hydrogens (primary N) is 1. The van der Waals surface area contributed by atoms with Gasteiger partial charge in [0.15, 0.2) is 0 Å². The molecule has 2 aromatic rings. The topological polar surface area (TPSA) is 62.3 Å². The Bertz CT molecular complexity index is 623. The molecule has 3 rings (SSSR count). The van der Waals surface area contributed by atoms with Gasteiger partial charge in [-0.25, -0.2) is 4.98 Å². The predicted octanol–water partition coefficient (Wildman–Crippen LogP) is 2.56. The van der Waals surface area contributed by atoms with Crippen molar-refractivity contribution in [1.82, 2.24) is 9.55 Å². The molecule has 0 bridgehead atoms. The molecule has 20 heavy (non-hydrogen) atoms. The summed E-state index contributed by atoms with van der Waals surface area (Å²) in [6, 6.07) is 5.69. The molecule has 0 spiro atoms. The second kappa shape index (κ2) is 4.74. The molecule has 0 radical (unpaired) electrons. The van der Waals surface area contributed by atoms with Gasteiger partial charge in [0.05, 0.1) is 14.2 Å². The lowest BCUT2D eigenvalue weighted by molar-refractivity contribution is 0.394. The highest BCUT2D eigenvalue weighted by Crippen LogP contribution is 2.42. The number of rotatable bonds is 4. The molecule has 0 saturated heterocycles. The van der Waals surface area contributed by atoms with E-state index in [1.807, 2.05) is 29.8 Å². The Morgan fingerprint density at radius 2 is 1.75 bits per heavy atom. The average molecular weight is 273 g/mol. The highest BCUT2D eigenvalue weighted by Gasteiger charge is 2.30. The zero-order valence-corrected chi connectivity index (χ0v) is 12.0. The smallest absolute Gasteiger partial charge is 0.131 e. The Hall–Kier alpha value is -2.17. The standard InChI is InChI=1S/C15H19N3O2/c1-18-14(16)13(17-15(18)9-4-5-9)10-6-11(19-2)8-12(7-10)20-3/h6-9H,4-5,16H2,1-3H3. The summed E-state index contributed by atoms with van der Waals surface area (Å²) in [4.78, 5) is 4.72. The first kappa shape index (κ1) is 12.8. The number of anilines is 1. The molecule has 1 aliphatic carbocycles. The van der Waals surface area contributed by atoms with E-state index >= 15 is 0 Å². The molecule has 1 heterocycles. The van der Waals surface area contributed by atoms with Crippen LogP contribution in [-0.4, -0.2) is 23.8 Å². The highest BCUT2D eigenvalue weighted by atomic mass is 16.5. The molecule has 1 aromatic heterocycles. The number of ether oxygens (including phenoxy) is 2. The maximum Gasteiger partial charge on any atom is 0.131 e. The molecule has 0 atom stereocenters. The van der Waals surface area contributed by atoms with Gasteiger partial charge in [0.2, 0.25) is 0 Å². The third-order valence-corrected chi connectivity index (χ3v) is 3.74. The summed E-state index contributed by atoms with van der Waals surface area (Å²) in [6.45, 7) is 0. The fraction of sp³-hybridized carbons (Fsp3) is 0.400. The lowest BCUT2D eigenvalue weighted by atomic mass is 10.1. The largest absolute Gasteiger partial charge is 0.497 e. The summed E-state index contributed by atoms with van der Waals surface area (Å²) in [5.74, 6) is 3.78. The molecule has 1 aromatic carbocycles. The van der Waals surface area contributed by atoms with Crippen LogP contribution in [0.25, 0.3) is 11.3 Å². The van der Waals surface area contributed by atoms with Gasteiger partial charge in [0.1, 0.15) is 28.8 Å². The number of imidazole rings is 1. The number of nitrogens with zero attached hydrogens (tertiary/aromatic N) is 2. The summed E-state index contributed by atoms with van der Waals surface area (Å²) in [7, 11) is 5.24. The van der Waals surface area contributed by atoms with Gasteiger partial charge in [0, 0.05) is 24.6 Å². The van der Waals surface area contributed by atoms with E-state index in [0.717, 1.165) is 28.6 Å². The van der Waals surface area contributed by atoms with Gasteiger partial charge in [-0.3, -0.25) is 0 Å². The molecule has 0 unspecified atom stereocenters. The molecule has 1 aliphatic rings. The number of methoxy groups -OCH3 is 2. The average Bonchev–Trinajstić information content (AvgIpc) is 3.27. The number of aromatic nitrogens is 2. The summed E-state index contributed by atoms with van der Waals surface area (Å²) >= 11 is 0. The van der Waals surface area contributed by atoms with Gasteiger partial charge in [-0.1, -0.05) is 0 Å². The van der Waals surface area contributed by atoms with E-state index in [2.05, 4.69) is 0 Å². The van der Waals surface area contributed by atoms with Gasteiger partial charge in [-0.15, -0.1) is 0 Å². The fourth-order valence-electron chi connectivity index (χ4n) is 2.39. The SMILES string of the molecule is COc1cc(OC)cc(-c2nc(C3CC3)n(C)c2N)c1. The number of hydrogen-bond donors (Lipinski definition) is 1. The molecule has 1 fully saturated rings. The lowest BCUT2D eigenvalue weighted by Crippen LogP contribution is -2.00. The van der Waals surface area contributed by atoms with Crippen molar-refractivity contribution in [1.29, 1.82) is 0 Å². The van der Waals surface area contributed by atoms with E-state index in [1.54, 1.807) is 14.2 Å². The Balaban J connectivity index is 2.10. The van der Waals surface area contributed by atoms with E-state index in [9.17, 15) is 0 Å². The van der Waals surface area contributed by atoms with Crippen molar-refractivity contribution >= 4 is 5.82 Å². The van der Waals surface area contributed by atoms with Crippen molar-refractivity contribution in [3.8, 4) is 22.8 Å². The number of nitrogen functional groups attached to an aromatic ring is 1. The summed E-state index contributed by atoms with van der Waals surface area (Å²) in [6.07, 6.45) is 2.40. The van der Waals surface area contributed by atoms with Crippen molar-refractivity contribution in [2.24, 2.45) is 7.05 Å². The minimum atomic E-state index is 0.559. The third kappa shape index (κ3) is 2.09. The minimum Gasteiger partial charge on any atom is -0.497 e. The van der Waals surface area contributed by atoms with Crippen LogP contribution in [-0.2, 0) is 7.05 Å². The molecular formula is C15H19N3O2. The Morgan fingerprint density at radius 1 is 1.15 bits per heavy atom. The first-order chi connectivity index (χ1) is 9.63. The second-order valence-corrected chi connectivity index (χ2v) is 5.14. The quantitative estimate of drug-likeness (QED) is 0.930. The van der Waals surface area contributed by atoms with Crippen LogP contribution in [0.1, 0.15) is 24.6 Å². The van der Waals surface area contributed by atoms with E-state index in [1.165, 1.54) is 12.8 Å². The van der Waals surface area contributed by atoms with E-state index in [0.29, 0.717) is 11.7 Å². The van der Waals surface area contributed by atoms with Crippen LogP contribution in [0.4, 0.5) is 5.82 Å². The van der Waals surface area contributed by atoms with Crippen molar-refractivity contribution in [3.63, 3.8) is 0 Å². The van der Waals surface area contributed by atoms with Crippen LogP contribution in [0.15, 0.2) is 18.2 Å². The zero-order chi connectivity index (χ0) is 14.3. The Kier molecular flexibility index (Phi) is 3.04. The van der Waals surface area contributed by atoms with Gasteiger partial charge < -0.3 is 19.8 Å². The molecule has 0 aliphatic heterocycles. The highest BCUT2D eigenvalue weighted by molar-refractivity contribution is 5.73. The van der Waals surface area contributed by atoms with Crippen LogP contribution >= 0.6 is 0 Å². The van der Waals surface area contributed by atoms with Crippen LogP contribution < -0.4 is 15.2 Å². The van der Waals surface area contributed by atoms with Crippen molar-refractivity contribution in [2.75, 3.05) is 20.0 Å². The third-order valence-electron chi connectivity index (χ3n) is 3.74. The second-order valence-electron chi connectivity index (χ2n) is 5.14. The molecule has 5 nitrogen and oxygen atoms in total. The molecule has 0 amide bonds. The predicted molar refractivity (Wildman–Crippen MR) is 78.1 cm³/mol. The lowest BCUT2D eigenvalue weighted by Gasteiger charge is -2.07. The van der Waals surface area contributed by atoms with Gasteiger partial charge in [-0.05, 0) is 25.0 Å². The summed E-state index contributed by atoms with van der Waals surface area (Å²) < 4.78 is 12.6. The van der Waals surface area contributed by atoms with Crippen molar-refractivity contribution < 1.29 is 9.47 Å². The van der Waals surface area contributed by atoms with Crippen LogP contribution in [0, 0.1) is 0 Å². The maximum atomic E-state index is 6.20. The van der Waals surface area contributed by atoms with Gasteiger partial charge in [0.25, 0.3) is 0 Å². The maximum absolute atomic E-state index is 6.20. The number of benzene rings is 1. The van der Waals surface area contributed by atoms with E-state index in [4.69, 9.17) is 20.2 Å². The molecule has 2 N–H and O–H groups in total. The normalized spacial score (nSPS) is 14.3. The minimum absolute atomic E-state index is 0.559. The first-order valence-corrected chi connectivity index (χ1v) is 6.69. The monoisotopic (exact) mass is 273 g/mol. The fourth-order valence-corrected chi connectivity index (χ4v) is 2.39. The van der Waals surface area contributed by atoms with E-state index < -0.39 is 0 Å². The van der Waals surface area contributed by atoms with Crippen LogP contribution in [0.2, 0.25) is 0 Å². The van der Waals surface area contributed by atoms with Crippen molar-refractivity contribution in [3.05, 3.63) is 24.0 Å². The molecule has 1 saturated carbocycles. The Labute approximate surface area is 118 Å².